The lowest BCUT2D eigenvalue weighted by atomic mass is 10.3. The first-order valence-electron chi connectivity index (χ1n) is 4.84. The van der Waals surface area contributed by atoms with Crippen LogP contribution in [0.1, 0.15) is 0 Å². The largest absolute Gasteiger partial charge is 0.264 e. The lowest BCUT2D eigenvalue weighted by molar-refractivity contribution is 0.595. The number of sulfonamides is 1. The third-order valence-corrected chi connectivity index (χ3v) is 4.29. The third kappa shape index (κ3) is 3.40. The molecule has 0 saturated carbocycles. The van der Waals surface area contributed by atoms with E-state index in [0.29, 0.717) is 4.60 Å². The molecule has 0 fully saturated rings. The number of rotatable bonds is 3. The molecule has 0 spiro atoms. The summed E-state index contributed by atoms with van der Waals surface area (Å²) in [4.78, 5) is 7.26. The number of anilines is 1. The van der Waals surface area contributed by atoms with Crippen molar-refractivity contribution < 1.29 is 12.8 Å². The van der Waals surface area contributed by atoms with Crippen molar-refractivity contribution in [3.63, 3.8) is 0 Å². The highest BCUT2D eigenvalue weighted by molar-refractivity contribution is 9.10. The summed E-state index contributed by atoms with van der Waals surface area (Å²) in [5.41, 5.74) is 0. The summed E-state index contributed by atoms with van der Waals surface area (Å²) in [5.74, 6) is -0.699. The van der Waals surface area contributed by atoms with Gasteiger partial charge in [0.25, 0.3) is 10.0 Å². The summed E-state index contributed by atoms with van der Waals surface area (Å²) in [6.45, 7) is 0. The Labute approximate surface area is 122 Å². The minimum atomic E-state index is -4.02. The molecule has 0 amide bonds. The van der Waals surface area contributed by atoms with Gasteiger partial charge >= 0.3 is 0 Å². The predicted octanol–water partition coefficient (Wildman–Crippen LogP) is 2.83. The second kappa shape index (κ2) is 5.40. The summed E-state index contributed by atoms with van der Waals surface area (Å²) in [5, 5.41) is -0.0843. The predicted molar refractivity (Wildman–Crippen MR) is 72.0 cm³/mol. The average Bonchev–Trinajstić information content (AvgIpc) is 2.35. The topological polar surface area (TPSA) is 72.0 Å². The van der Waals surface area contributed by atoms with Crippen LogP contribution in [0.2, 0.25) is 5.02 Å². The maximum Gasteiger partial charge on any atom is 0.264 e. The summed E-state index contributed by atoms with van der Waals surface area (Å²) in [6, 6.07) is 3.07. The lowest BCUT2D eigenvalue weighted by Crippen LogP contribution is -2.14. The van der Waals surface area contributed by atoms with Crippen molar-refractivity contribution >= 4 is 43.4 Å². The Balaban J connectivity index is 2.37. The van der Waals surface area contributed by atoms with Crippen molar-refractivity contribution in [2.45, 2.75) is 4.90 Å². The highest BCUT2D eigenvalue weighted by atomic mass is 79.9. The number of nitrogens with one attached hydrogen (secondary N) is 1. The highest BCUT2D eigenvalue weighted by Crippen LogP contribution is 2.24. The second-order valence-corrected chi connectivity index (χ2v) is 6.28. The van der Waals surface area contributed by atoms with Gasteiger partial charge < -0.3 is 0 Å². The molecule has 0 aliphatic heterocycles. The molecule has 9 heteroatoms. The van der Waals surface area contributed by atoms with Crippen molar-refractivity contribution in [1.29, 1.82) is 0 Å². The molecule has 5 nitrogen and oxygen atoms in total. The minimum absolute atomic E-state index is 0.00327. The van der Waals surface area contributed by atoms with Crippen LogP contribution in [0.5, 0.6) is 0 Å². The second-order valence-electron chi connectivity index (χ2n) is 3.40. The molecule has 0 unspecified atom stereocenters. The Morgan fingerprint density at radius 1 is 1.26 bits per heavy atom. The molecule has 100 valence electrons. The van der Waals surface area contributed by atoms with E-state index in [1.54, 1.807) is 0 Å². The highest BCUT2D eigenvalue weighted by Gasteiger charge is 2.19. The lowest BCUT2D eigenvalue weighted by Gasteiger charge is -2.08. The van der Waals surface area contributed by atoms with Crippen LogP contribution in [-0.4, -0.2) is 18.4 Å². The van der Waals surface area contributed by atoms with Crippen LogP contribution in [0.4, 0.5) is 10.2 Å². The minimum Gasteiger partial charge on any atom is -0.262 e. The smallest absolute Gasteiger partial charge is 0.262 e. The van der Waals surface area contributed by atoms with Crippen LogP contribution in [-0.2, 0) is 10.0 Å². The van der Waals surface area contributed by atoms with Gasteiger partial charge in [-0.05, 0) is 34.1 Å². The van der Waals surface area contributed by atoms with Crippen molar-refractivity contribution in [3.8, 4) is 0 Å². The molecular formula is C10H6BrClFN3O2S. The fourth-order valence-corrected chi connectivity index (χ4v) is 2.95. The zero-order chi connectivity index (χ0) is 14.0. The molecule has 0 atom stereocenters. The van der Waals surface area contributed by atoms with Crippen LogP contribution >= 0.6 is 27.5 Å². The molecule has 0 radical (unpaired) electrons. The molecule has 0 aliphatic rings. The first kappa shape index (κ1) is 14.2. The van der Waals surface area contributed by atoms with E-state index in [-0.39, 0.29) is 15.7 Å². The zero-order valence-electron chi connectivity index (χ0n) is 9.14. The Morgan fingerprint density at radius 2 is 2.00 bits per heavy atom. The molecule has 1 heterocycles. The number of nitrogens with zero attached hydrogens (tertiary/aromatic N) is 2. The van der Waals surface area contributed by atoms with Crippen LogP contribution in [0.25, 0.3) is 0 Å². The van der Waals surface area contributed by atoms with Crippen molar-refractivity contribution in [2.24, 2.45) is 0 Å². The van der Waals surface area contributed by atoms with Gasteiger partial charge in [-0.25, -0.2) is 22.8 Å². The van der Waals surface area contributed by atoms with Gasteiger partial charge in [-0.15, -0.1) is 0 Å². The van der Waals surface area contributed by atoms with Gasteiger partial charge in [0.15, 0.2) is 5.82 Å². The van der Waals surface area contributed by atoms with E-state index in [1.807, 2.05) is 0 Å². The fourth-order valence-electron chi connectivity index (χ4n) is 1.24. The Bertz CT molecular complexity index is 709. The van der Waals surface area contributed by atoms with E-state index in [9.17, 15) is 12.8 Å². The number of halogens is 3. The van der Waals surface area contributed by atoms with Gasteiger partial charge in [0.1, 0.15) is 15.3 Å². The number of aromatic nitrogens is 2. The molecule has 1 aromatic carbocycles. The summed E-state index contributed by atoms with van der Waals surface area (Å²) in [7, 11) is -4.02. The van der Waals surface area contributed by atoms with Crippen LogP contribution < -0.4 is 4.72 Å². The number of benzene rings is 1. The molecule has 2 rings (SSSR count). The van der Waals surface area contributed by atoms with E-state index in [2.05, 4.69) is 30.6 Å². The fraction of sp³-hybridized carbons (Fsp3) is 0. The van der Waals surface area contributed by atoms with E-state index in [0.717, 1.165) is 12.1 Å². The number of hydrogen-bond donors (Lipinski definition) is 1. The van der Waals surface area contributed by atoms with Gasteiger partial charge in [0, 0.05) is 0 Å². The Kier molecular flexibility index (Phi) is 4.02. The van der Waals surface area contributed by atoms with Crippen molar-refractivity contribution in [2.75, 3.05) is 4.72 Å². The Morgan fingerprint density at radius 3 is 2.63 bits per heavy atom. The van der Waals surface area contributed by atoms with E-state index >= 15 is 0 Å². The molecular weight excluding hydrogens is 361 g/mol. The molecule has 0 saturated heterocycles. The van der Waals surface area contributed by atoms with Gasteiger partial charge in [-0.1, -0.05) is 11.6 Å². The molecule has 1 N–H and O–H groups in total. The van der Waals surface area contributed by atoms with Crippen LogP contribution in [0.3, 0.4) is 0 Å². The molecule has 2 aromatic rings. The summed E-state index contributed by atoms with van der Waals surface area (Å²) < 4.78 is 39.7. The first-order valence-corrected chi connectivity index (χ1v) is 7.49. The van der Waals surface area contributed by atoms with E-state index in [4.69, 9.17) is 11.6 Å². The van der Waals surface area contributed by atoms with E-state index in [1.165, 1.54) is 18.5 Å². The standard InChI is InChI=1S/C10H6BrClFN3O2S/c11-9-4-15-10(5-14-9)16-19(17,18)8-3-6(13)1-2-7(8)12/h1-5H,(H,15,16). The monoisotopic (exact) mass is 365 g/mol. The zero-order valence-corrected chi connectivity index (χ0v) is 12.3. The maximum absolute atomic E-state index is 13.1. The van der Waals surface area contributed by atoms with Gasteiger partial charge in [0.05, 0.1) is 17.4 Å². The van der Waals surface area contributed by atoms with E-state index < -0.39 is 15.8 Å². The van der Waals surface area contributed by atoms with Gasteiger partial charge in [-0.2, -0.15) is 0 Å². The summed E-state index contributed by atoms with van der Waals surface area (Å²) in [6.07, 6.45) is 2.54. The molecule has 19 heavy (non-hydrogen) atoms. The number of hydrogen-bond acceptors (Lipinski definition) is 4. The van der Waals surface area contributed by atoms with Crippen molar-refractivity contribution in [3.05, 3.63) is 46.0 Å². The van der Waals surface area contributed by atoms with Gasteiger partial charge in [-0.3, -0.25) is 4.72 Å². The SMILES string of the molecule is O=S(=O)(Nc1cnc(Br)cn1)c1cc(F)ccc1Cl. The molecule has 0 aliphatic carbocycles. The third-order valence-electron chi connectivity index (χ3n) is 2.04. The van der Waals surface area contributed by atoms with Crippen LogP contribution in [0.15, 0.2) is 40.1 Å². The molecule has 0 bridgehead atoms. The van der Waals surface area contributed by atoms with Gasteiger partial charge in [0.2, 0.25) is 0 Å². The first-order chi connectivity index (χ1) is 8.88. The maximum atomic E-state index is 13.1. The molecule has 1 aromatic heterocycles. The van der Waals surface area contributed by atoms with Crippen LogP contribution in [0, 0.1) is 5.82 Å². The average molecular weight is 367 g/mol. The van der Waals surface area contributed by atoms with Crippen molar-refractivity contribution in [1.82, 2.24) is 9.97 Å². The quantitative estimate of drug-likeness (QED) is 0.906. The summed E-state index contributed by atoms with van der Waals surface area (Å²) >= 11 is 8.81. The Hall–Kier alpha value is -1.25. The normalized spacial score (nSPS) is 11.3.